The van der Waals surface area contributed by atoms with Crippen molar-refractivity contribution in [3.05, 3.63) is 0 Å². The Morgan fingerprint density at radius 2 is 1.89 bits per heavy atom. The molecule has 0 spiro atoms. The van der Waals surface area contributed by atoms with Crippen molar-refractivity contribution < 1.29 is 9.59 Å². The number of carbonyl (C=O) groups excluding carboxylic acids is 2. The molecule has 2 aliphatic rings. The molecule has 2 amide bonds. The maximum atomic E-state index is 12.1. The highest BCUT2D eigenvalue weighted by Gasteiger charge is 2.27. The Balaban J connectivity index is 1.82. The normalized spacial score (nSPS) is 22.9. The van der Waals surface area contributed by atoms with Crippen molar-refractivity contribution in [1.82, 2.24) is 15.5 Å². The van der Waals surface area contributed by atoms with Gasteiger partial charge in [0, 0.05) is 25.7 Å². The summed E-state index contributed by atoms with van der Waals surface area (Å²) >= 11 is 0. The summed E-state index contributed by atoms with van der Waals surface area (Å²) in [5.74, 6) is -0.252. The standard InChI is InChI=1S/C14H25N3O2/c1-11(12-5-2-3-6-12)16-13(18)14(19)17-9-4-7-15-8-10-17/h11-12,15H,2-10H2,1H3,(H,16,18). The molecule has 0 radical (unpaired) electrons. The molecule has 0 aromatic heterocycles. The van der Waals surface area contributed by atoms with Gasteiger partial charge in [-0.15, -0.1) is 0 Å². The molecule has 1 heterocycles. The molecular weight excluding hydrogens is 242 g/mol. The molecule has 2 N–H and O–H groups in total. The van der Waals surface area contributed by atoms with E-state index in [0.717, 1.165) is 19.5 Å². The van der Waals surface area contributed by atoms with E-state index in [0.29, 0.717) is 19.0 Å². The van der Waals surface area contributed by atoms with Crippen LogP contribution in [-0.2, 0) is 9.59 Å². The van der Waals surface area contributed by atoms with Crippen molar-refractivity contribution in [2.45, 2.75) is 45.1 Å². The van der Waals surface area contributed by atoms with E-state index in [1.165, 1.54) is 25.7 Å². The van der Waals surface area contributed by atoms with Crippen molar-refractivity contribution in [3.63, 3.8) is 0 Å². The second-order valence-electron chi connectivity index (χ2n) is 5.70. The monoisotopic (exact) mass is 267 g/mol. The summed E-state index contributed by atoms with van der Waals surface area (Å²) in [5, 5.41) is 6.12. The Morgan fingerprint density at radius 3 is 2.63 bits per heavy atom. The molecule has 19 heavy (non-hydrogen) atoms. The second kappa shape index (κ2) is 6.89. The Morgan fingerprint density at radius 1 is 1.16 bits per heavy atom. The molecule has 108 valence electrons. The lowest BCUT2D eigenvalue weighted by molar-refractivity contribution is -0.146. The van der Waals surface area contributed by atoms with Gasteiger partial charge in [-0.1, -0.05) is 12.8 Å². The predicted octanol–water partition coefficient (Wildman–Crippen LogP) is 0.503. The Kier molecular flexibility index (Phi) is 5.19. The third-order valence-corrected chi connectivity index (χ3v) is 4.29. The lowest BCUT2D eigenvalue weighted by Gasteiger charge is -2.23. The molecule has 0 aromatic carbocycles. The summed E-state index contributed by atoms with van der Waals surface area (Å²) in [6.07, 6.45) is 5.75. The Hall–Kier alpha value is -1.10. The average Bonchev–Trinajstić information content (AvgIpc) is 2.81. The number of carbonyl (C=O) groups is 2. The number of amides is 2. The van der Waals surface area contributed by atoms with Gasteiger partial charge in [-0.3, -0.25) is 9.59 Å². The highest BCUT2D eigenvalue weighted by atomic mass is 16.2. The molecule has 1 saturated heterocycles. The smallest absolute Gasteiger partial charge is 0.311 e. The number of nitrogens with one attached hydrogen (secondary N) is 2. The molecule has 5 nitrogen and oxygen atoms in total. The van der Waals surface area contributed by atoms with Gasteiger partial charge < -0.3 is 15.5 Å². The molecule has 5 heteroatoms. The van der Waals surface area contributed by atoms with E-state index < -0.39 is 5.91 Å². The van der Waals surface area contributed by atoms with E-state index in [2.05, 4.69) is 10.6 Å². The number of hydrogen-bond donors (Lipinski definition) is 2. The first-order chi connectivity index (χ1) is 9.18. The van der Waals surface area contributed by atoms with E-state index in [1.54, 1.807) is 4.90 Å². The Bertz CT molecular complexity index is 319. The Labute approximate surface area is 115 Å². The fourth-order valence-electron chi connectivity index (χ4n) is 3.04. The summed E-state index contributed by atoms with van der Waals surface area (Å²) in [6, 6.07) is 0.115. The first kappa shape index (κ1) is 14.3. The maximum absolute atomic E-state index is 12.1. The SMILES string of the molecule is CC(NC(=O)C(=O)N1CCCNCC1)C1CCCC1. The zero-order valence-corrected chi connectivity index (χ0v) is 11.8. The molecular formula is C14H25N3O2. The van der Waals surface area contributed by atoms with Crippen LogP contribution in [0.25, 0.3) is 0 Å². The molecule has 2 rings (SSSR count). The van der Waals surface area contributed by atoms with Crippen LogP contribution in [0.2, 0.25) is 0 Å². The minimum Gasteiger partial charge on any atom is -0.345 e. The molecule has 1 aliphatic heterocycles. The fourth-order valence-corrected chi connectivity index (χ4v) is 3.04. The fraction of sp³-hybridized carbons (Fsp3) is 0.857. The van der Waals surface area contributed by atoms with Crippen molar-refractivity contribution in [3.8, 4) is 0 Å². The van der Waals surface area contributed by atoms with Crippen LogP contribution < -0.4 is 10.6 Å². The van der Waals surface area contributed by atoms with Gasteiger partial charge in [0.25, 0.3) is 0 Å². The van der Waals surface area contributed by atoms with Crippen molar-refractivity contribution in [2.24, 2.45) is 5.92 Å². The van der Waals surface area contributed by atoms with Gasteiger partial charge in [-0.2, -0.15) is 0 Å². The van der Waals surface area contributed by atoms with Crippen LogP contribution in [-0.4, -0.2) is 48.9 Å². The van der Waals surface area contributed by atoms with Gasteiger partial charge >= 0.3 is 11.8 Å². The molecule has 0 aromatic rings. The lowest BCUT2D eigenvalue weighted by Crippen LogP contribution is -2.48. The van der Waals surface area contributed by atoms with Crippen LogP contribution >= 0.6 is 0 Å². The highest BCUT2D eigenvalue weighted by molar-refractivity contribution is 6.35. The van der Waals surface area contributed by atoms with Crippen LogP contribution in [0, 0.1) is 5.92 Å². The van der Waals surface area contributed by atoms with E-state index in [-0.39, 0.29) is 11.9 Å². The lowest BCUT2D eigenvalue weighted by atomic mass is 10.00. The average molecular weight is 267 g/mol. The third-order valence-electron chi connectivity index (χ3n) is 4.29. The summed E-state index contributed by atoms with van der Waals surface area (Å²) in [4.78, 5) is 25.7. The van der Waals surface area contributed by atoms with Crippen molar-refractivity contribution >= 4 is 11.8 Å². The van der Waals surface area contributed by atoms with Crippen molar-refractivity contribution in [2.75, 3.05) is 26.2 Å². The molecule has 1 saturated carbocycles. The molecule has 2 fully saturated rings. The van der Waals surface area contributed by atoms with Gasteiger partial charge in [0.1, 0.15) is 0 Å². The quantitative estimate of drug-likeness (QED) is 0.716. The largest absolute Gasteiger partial charge is 0.345 e. The van der Waals surface area contributed by atoms with E-state index in [4.69, 9.17) is 0 Å². The minimum absolute atomic E-state index is 0.115. The number of nitrogens with zero attached hydrogens (tertiary/aromatic N) is 1. The zero-order valence-electron chi connectivity index (χ0n) is 11.8. The van der Waals surface area contributed by atoms with Crippen LogP contribution in [0.4, 0.5) is 0 Å². The molecule has 1 atom stereocenters. The first-order valence-corrected chi connectivity index (χ1v) is 7.49. The molecule has 1 aliphatic carbocycles. The van der Waals surface area contributed by atoms with E-state index in [9.17, 15) is 9.59 Å². The van der Waals surface area contributed by atoms with Gasteiger partial charge in [-0.25, -0.2) is 0 Å². The van der Waals surface area contributed by atoms with Crippen molar-refractivity contribution in [1.29, 1.82) is 0 Å². The first-order valence-electron chi connectivity index (χ1n) is 7.49. The van der Waals surface area contributed by atoms with Gasteiger partial charge in [0.2, 0.25) is 0 Å². The van der Waals surface area contributed by atoms with E-state index in [1.807, 2.05) is 6.92 Å². The molecule has 0 bridgehead atoms. The van der Waals surface area contributed by atoms with Crippen LogP contribution in [0.5, 0.6) is 0 Å². The topological polar surface area (TPSA) is 61.4 Å². The second-order valence-corrected chi connectivity index (χ2v) is 5.70. The van der Waals surface area contributed by atoms with Gasteiger partial charge in [0.15, 0.2) is 0 Å². The molecule has 1 unspecified atom stereocenters. The van der Waals surface area contributed by atoms with Gasteiger partial charge in [-0.05, 0) is 38.6 Å². The van der Waals surface area contributed by atoms with E-state index >= 15 is 0 Å². The predicted molar refractivity (Wildman–Crippen MR) is 73.6 cm³/mol. The maximum Gasteiger partial charge on any atom is 0.311 e. The summed E-state index contributed by atoms with van der Waals surface area (Å²) < 4.78 is 0. The summed E-state index contributed by atoms with van der Waals surface area (Å²) in [7, 11) is 0. The summed E-state index contributed by atoms with van der Waals surface area (Å²) in [6.45, 7) is 5.02. The number of hydrogen-bond acceptors (Lipinski definition) is 3. The highest BCUT2D eigenvalue weighted by Crippen LogP contribution is 2.27. The van der Waals surface area contributed by atoms with Gasteiger partial charge in [0.05, 0.1) is 0 Å². The summed E-state index contributed by atoms with van der Waals surface area (Å²) in [5.41, 5.74) is 0. The minimum atomic E-state index is -0.429. The van der Waals surface area contributed by atoms with Crippen LogP contribution in [0.15, 0.2) is 0 Å². The van der Waals surface area contributed by atoms with Crippen LogP contribution in [0.3, 0.4) is 0 Å². The van der Waals surface area contributed by atoms with Crippen LogP contribution in [0.1, 0.15) is 39.0 Å². The number of rotatable bonds is 2. The zero-order chi connectivity index (χ0) is 13.7. The third kappa shape index (κ3) is 3.93.